The minimum Gasteiger partial charge on any atom is -0.336 e. The van der Waals surface area contributed by atoms with E-state index < -0.39 is 26.6 Å². The third-order valence-corrected chi connectivity index (χ3v) is 4.73. The molecule has 1 atom stereocenters. The van der Waals surface area contributed by atoms with Crippen molar-refractivity contribution in [2.75, 3.05) is 6.54 Å². The Labute approximate surface area is 127 Å². The molecule has 1 fully saturated rings. The van der Waals surface area contributed by atoms with Crippen molar-refractivity contribution in [3.05, 3.63) is 28.5 Å². The third kappa shape index (κ3) is 3.36. The fourth-order valence-corrected chi connectivity index (χ4v) is 3.42. The van der Waals surface area contributed by atoms with Crippen LogP contribution < -0.4 is 5.14 Å². The van der Waals surface area contributed by atoms with E-state index in [1.807, 2.05) is 6.92 Å². The molecule has 1 heterocycles. The number of amides is 1. The van der Waals surface area contributed by atoms with Crippen molar-refractivity contribution in [3.8, 4) is 0 Å². The van der Waals surface area contributed by atoms with Crippen molar-refractivity contribution in [3.63, 3.8) is 0 Å². The van der Waals surface area contributed by atoms with Gasteiger partial charge in [0.1, 0.15) is 4.90 Å². The number of rotatable bonds is 2. The highest BCUT2D eigenvalue weighted by Crippen LogP contribution is 2.26. The average Bonchev–Trinajstić information content (AvgIpc) is 2.39. The average molecular weight is 335 g/mol. The number of halogens is 2. The summed E-state index contributed by atoms with van der Waals surface area (Å²) in [7, 11) is -4.29. The van der Waals surface area contributed by atoms with Crippen LogP contribution in [0.25, 0.3) is 0 Å². The number of hydrogen-bond acceptors (Lipinski definition) is 3. The summed E-state index contributed by atoms with van der Waals surface area (Å²) in [5, 5.41) is 4.90. The molecule has 0 saturated carbocycles. The third-order valence-electron chi connectivity index (χ3n) is 3.60. The number of sulfonamides is 1. The van der Waals surface area contributed by atoms with Crippen LogP contribution in [0, 0.1) is 5.82 Å². The highest BCUT2D eigenvalue weighted by atomic mass is 35.5. The van der Waals surface area contributed by atoms with Crippen LogP contribution in [-0.4, -0.2) is 31.8 Å². The van der Waals surface area contributed by atoms with E-state index in [2.05, 4.69) is 0 Å². The Hall–Kier alpha value is -1.18. The molecule has 1 aromatic carbocycles. The molecule has 1 saturated heterocycles. The highest BCUT2D eigenvalue weighted by molar-refractivity contribution is 7.89. The van der Waals surface area contributed by atoms with Crippen molar-refractivity contribution in [1.82, 2.24) is 4.90 Å². The van der Waals surface area contributed by atoms with Crippen LogP contribution in [0.3, 0.4) is 0 Å². The van der Waals surface area contributed by atoms with E-state index in [1.54, 1.807) is 0 Å². The maximum Gasteiger partial charge on any atom is 0.257 e. The van der Waals surface area contributed by atoms with Gasteiger partial charge in [0.05, 0.1) is 5.56 Å². The molecule has 5 nitrogen and oxygen atoms in total. The molecule has 8 heteroatoms. The first kappa shape index (κ1) is 16.2. The summed E-state index contributed by atoms with van der Waals surface area (Å²) >= 11 is 5.79. The van der Waals surface area contributed by atoms with Crippen molar-refractivity contribution >= 4 is 27.5 Å². The van der Waals surface area contributed by atoms with Gasteiger partial charge in [-0.05, 0) is 38.3 Å². The van der Waals surface area contributed by atoms with Gasteiger partial charge in [0.25, 0.3) is 5.91 Å². The lowest BCUT2D eigenvalue weighted by molar-refractivity contribution is 0.0630. The number of primary sulfonamides is 1. The Morgan fingerprint density at radius 3 is 2.67 bits per heavy atom. The molecule has 1 amide bonds. The van der Waals surface area contributed by atoms with Gasteiger partial charge in [0.15, 0.2) is 5.82 Å². The van der Waals surface area contributed by atoms with E-state index in [-0.39, 0.29) is 16.6 Å². The largest absolute Gasteiger partial charge is 0.336 e. The molecule has 0 bridgehead atoms. The van der Waals surface area contributed by atoms with Crippen LogP contribution in [0.4, 0.5) is 4.39 Å². The first-order valence-electron chi connectivity index (χ1n) is 6.54. The molecule has 0 spiro atoms. The van der Waals surface area contributed by atoms with Crippen LogP contribution in [0.2, 0.25) is 5.02 Å². The molecule has 1 aliphatic heterocycles. The first-order chi connectivity index (χ1) is 9.71. The second-order valence-electron chi connectivity index (χ2n) is 5.15. The maximum absolute atomic E-state index is 14.3. The Balaban J connectivity index is 2.49. The molecule has 2 N–H and O–H groups in total. The quantitative estimate of drug-likeness (QED) is 0.899. The second-order valence-corrected chi connectivity index (χ2v) is 7.12. The fourth-order valence-electron chi connectivity index (χ4n) is 2.48. The molecule has 21 heavy (non-hydrogen) atoms. The number of carbonyl (C=O) groups excluding carboxylic acids is 1. The summed E-state index contributed by atoms with van der Waals surface area (Å²) in [4.78, 5) is 13.2. The number of piperidine rings is 1. The lowest BCUT2D eigenvalue weighted by Crippen LogP contribution is -2.42. The molecule has 1 unspecified atom stereocenters. The standard InChI is InChI=1S/C13H16ClFN2O3S/c1-8-4-2-3-5-17(8)13(18)10-6-9(14)7-11(12(10)15)21(16,19)20/h6-8H,2-5H2,1H3,(H2,16,19,20). The van der Waals surface area contributed by atoms with Gasteiger partial charge in [-0.3, -0.25) is 4.79 Å². The number of likely N-dealkylation sites (tertiary alicyclic amines) is 1. The van der Waals surface area contributed by atoms with Gasteiger partial charge in [-0.25, -0.2) is 17.9 Å². The predicted octanol–water partition coefficient (Wildman–Crippen LogP) is 2.14. The molecule has 0 aromatic heterocycles. The smallest absolute Gasteiger partial charge is 0.257 e. The monoisotopic (exact) mass is 334 g/mol. The van der Waals surface area contributed by atoms with E-state index in [0.717, 1.165) is 31.4 Å². The number of nitrogens with two attached hydrogens (primary N) is 1. The summed E-state index contributed by atoms with van der Waals surface area (Å²) in [6.45, 7) is 2.39. The second kappa shape index (κ2) is 5.90. The summed E-state index contributed by atoms with van der Waals surface area (Å²) in [6, 6.07) is 2.01. The highest BCUT2D eigenvalue weighted by Gasteiger charge is 2.29. The Morgan fingerprint density at radius 1 is 1.43 bits per heavy atom. The maximum atomic E-state index is 14.3. The van der Waals surface area contributed by atoms with E-state index >= 15 is 0 Å². The Morgan fingerprint density at radius 2 is 2.10 bits per heavy atom. The van der Waals surface area contributed by atoms with Crippen molar-refractivity contribution < 1.29 is 17.6 Å². The number of carbonyl (C=O) groups is 1. The summed E-state index contributed by atoms with van der Waals surface area (Å²) in [6.07, 6.45) is 2.67. The van der Waals surface area contributed by atoms with Crippen LogP contribution in [0.1, 0.15) is 36.5 Å². The van der Waals surface area contributed by atoms with Crippen molar-refractivity contribution in [1.29, 1.82) is 0 Å². The topological polar surface area (TPSA) is 80.5 Å². The molecule has 2 rings (SSSR count). The number of hydrogen-bond donors (Lipinski definition) is 1. The van der Waals surface area contributed by atoms with Gasteiger partial charge in [-0.1, -0.05) is 11.6 Å². The number of benzene rings is 1. The van der Waals surface area contributed by atoms with Gasteiger partial charge < -0.3 is 4.90 Å². The fraction of sp³-hybridized carbons (Fsp3) is 0.462. The molecule has 1 aromatic rings. The van der Waals surface area contributed by atoms with Crippen LogP contribution >= 0.6 is 11.6 Å². The molecular formula is C13H16ClFN2O3S. The van der Waals surface area contributed by atoms with Crippen LogP contribution in [-0.2, 0) is 10.0 Å². The zero-order chi connectivity index (χ0) is 15.8. The van der Waals surface area contributed by atoms with Gasteiger partial charge in [0, 0.05) is 17.6 Å². The Kier molecular flexibility index (Phi) is 4.55. The molecule has 0 aliphatic carbocycles. The van der Waals surface area contributed by atoms with Gasteiger partial charge >= 0.3 is 0 Å². The van der Waals surface area contributed by atoms with Gasteiger partial charge in [-0.2, -0.15) is 0 Å². The minimum absolute atomic E-state index is 0.0254. The van der Waals surface area contributed by atoms with Gasteiger partial charge in [-0.15, -0.1) is 0 Å². The predicted molar refractivity (Wildman–Crippen MR) is 77.1 cm³/mol. The van der Waals surface area contributed by atoms with Crippen molar-refractivity contribution in [2.45, 2.75) is 37.1 Å². The van der Waals surface area contributed by atoms with Crippen LogP contribution in [0.5, 0.6) is 0 Å². The van der Waals surface area contributed by atoms with Gasteiger partial charge in [0.2, 0.25) is 10.0 Å². The van der Waals surface area contributed by atoms with E-state index in [4.69, 9.17) is 16.7 Å². The molecule has 116 valence electrons. The molecular weight excluding hydrogens is 319 g/mol. The Bertz CT molecular complexity index is 678. The summed E-state index contributed by atoms with van der Waals surface area (Å²) < 4.78 is 37.1. The lowest BCUT2D eigenvalue weighted by Gasteiger charge is -2.33. The minimum atomic E-state index is -4.29. The van der Waals surface area contributed by atoms with E-state index in [0.29, 0.717) is 6.54 Å². The lowest BCUT2D eigenvalue weighted by atomic mass is 10.0. The number of nitrogens with zero attached hydrogens (tertiary/aromatic N) is 1. The van der Waals surface area contributed by atoms with E-state index in [1.165, 1.54) is 4.90 Å². The zero-order valence-electron chi connectivity index (χ0n) is 11.5. The van der Waals surface area contributed by atoms with Crippen molar-refractivity contribution in [2.24, 2.45) is 5.14 Å². The van der Waals surface area contributed by atoms with E-state index in [9.17, 15) is 17.6 Å². The molecule has 0 radical (unpaired) electrons. The summed E-state index contributed by atoms with van der Waals surface area (Å²) in [5.74, 6) is -1.71. The molecule has 1 aliphatic rings. The van der Waals surface area contributed by atoms with Crippen LogP contribution in [0.15, 0.2) is 17.0 Å². The first-order valence-corrected chi connectivity index (χ1v) is 8.47. The normalized spacial score (nSPS) is 19.6. The summed E-state index contributed by atoms with van der Waals surface area (Å²) in [5.41, 5.74) is -0.361. The SMILES string of the molecule is CC1CCCCN1C(=O)c1cc(Cl)cc(S(N)(=O)=O)c1F. The zero-order valence-corrected chi connectivity index (χ0v) is 13.0.